The molecule has 1 aliphatic rings. The van der Waals surface area contributed by atoms with E-state index < -0.39 is 0 Å². The summed E-state index contributed by atoms with van der Waals surface area (Å²) in [4.78, 5) is 4.35. The van der Waals surface area contributed by atoms with Crippen LogP contribution in [0, 0.1) is 6.92 Å². The maximum Gasteiger partial charge on any atom is 0.0948 e. The fourth-order valence-electron chi connectivity index (χ4n) is 1.56. The Hall–Kier alpha value is -0.830. The van der Waals surface area contributed by atoms with Crippen LogP contribution in [0.4, 0.5) is 0 Å². The van der Waals surface area contributed by atoms with Crippen molar-refractivity contribution in [1.82, 2.24) is 9.55 Å². The fourth-order valence-corrected chi connectivity index (χ4v) is 1.56. The van der Waals surface area contributed by atoms with Gasteiger partial charge in [0.1, 0.15) is 0 Å². The molecule has 0 atom stereocenters. The second-order valence-corrected chi connectivity index (χ2v) is 4.25. The van der Waals surface area contributed by atoms with Gasteiger partial charge in [0.15, 0.2) is 0 Å². The average molecular weight is 179 g/mol. The molecule has 2 rings (SSSR count). The topological polar surface area (TPSA) is 43.8 Å². The van der Waals surface area contributed by atoms with Crippen molar-refractivity contribution in [3.8, 4) is 0 Å². The van der Waals surface area contributed by atoms with E-state index in [0.717, 1.165) is 12.8 Å². The predicted octanol–water partition coefficient (Wildman–Crippen LogP) is 1.15. The Morgan fingerprint density at radius 1 is 1.62 bits per heavy atom. The van der Waals surface area contributed by atoms with Crippen molar-refractivity contribution in [2.75, 3.05) is 0 Å². The van der Waals surface area contributed by atoms with Crippen LogP contribution in [0.1, 0.15) is 30.7 Å². The quantitative estimate of drug-likeness (QED) is 0.756. The van der Waals surface area contributed by atoms with Gasteiger partial charge in [0.25, 0.3) is 0 Å². The summed E-state index contributed by atoms with van der Waals surface area (Å²) in [6, 6.07) is 0. The molecule has 0 bridgehead atoms. The van der Waals surface area contributed by atoms with E-state index in [-0.39, 0.29) is 5.54 Å². The van der Waals surface area contributed by atoms with Gasteiger partial charge < -0.3 is 10.3 Å². The second kappa shape index (κ2) is 2.84. The minimum Gasteiger partial charge on any atom is -0.338 e. The summed E-state index contributed by atoms with van der Waals surface area (Å²) in [5.41, 5.74) is 8.65. The number of hydrogen-bond donors (Lipinski definition) is 1. The zero-order chi connectivity index (χ0) is 9.47. The molecule has 0 saturated heterocycles. The third kappa shape index (κ3) is 1.75. The molecule has 2 N–H and O–H groups in total. The average Bonchev–Trinajstić information content (AvgIpc) is 2.75. The van der Waals surface area contributed by atoms with Crippen molar-refractivity contribution >= 4 is 0 Å². The van der Waals surface area contributed by atoms with E-state index in [1.807, 2.05) is 13.4 Å². The molecule has 0 radical (unpaired) electrons. The number of rotatable bonds is 3. The lowest BCUT2D eigenvalue weighted by Gasteiger charge is -2.06. The van der Waals surface area contributed by atoms with Crippen LogP contribution in [-0.4, -0.2) is 15.1 Å². The van der Waals surface area contributed by atoms with Gasteiger partial charge in [-0.15, -0.1) is 0 Å². The molecule has 1 aliphatic carbocycles. The third-order valence-corrected chi connectivity index (χ3v) is 3.09. The normalized spacial score (nSPS) is 19.0. The monoisotopic (exact) mass is 179 g/mol. The van der Waals surface area contributed by atoms with E-state index in [2.05, 4.69) is 16.5 Å². The molecule has 13 heavy (non-hydrogen) atoms. The molecule has 1 heterocycles. The van der Waals surface area contributed by atoms with E-state index in [0.29, 0.717) is 0 Å². The number of nitrogens with zero attached hydrogens (tertiary/aromatic N) is 2. The Balaban J connectivity index is 1.97. The van der Waals surface area contributed by atoms with Crippen molar-refractivity contribution in [3.63, 3.8) is 0 Å². The van der Waals surface area contributed by atoms with Gasteiger partial charge in [-0.05, 0) is 32.6 Å². The third-order valence-electron chi connectivity index (χ3n) is 3.09. The lowest BCUT2D eigenvalue weighted by Crippen LogP contribution is -2.22. The minimum absolute atomic E-state index is 0.157. The van der Waals surface area contributed by atoms with Crippen molar-refractivity contribution in [2.45, 2.75) is 38.1 Å². The Labute approximate surface area is 79.0 Å². The molecule has 3 heteroatoms. The molecule has 3 nitrogen and oxygen atoms in total. The van der Waals surface area contributed by atoms with Gasteiger partial charge in [0, 0.05) is 18.3 Å². The van der Waals surface area contributed by atoms with Gasteiger partial charge >= 0.3 is 0 Å². The molecule has 1 aromatic rings. The highest BCUT2D eigenvalue weighted by Gasteiger charge is 2.37. The molecule has 1 saturated carbocycles. The van der Waals surface area contributed by atoms with Crippen LogP contribution in [0.25, 0.3) is 0 Å². The summed E-state index contributed by atoms with van der Waals surface area (Å²) in [6.07, 6.45) is 6.38. The number of hydrogen-bond acceptors (Lipinski definition) is 2. The van der Waals surface area contributed by atoms with Crippen molar-refractivity contribution in [2.24, 2.45) is 12.8 Å². The number of aryl methyl sites for hydroxylation is 2. The van der Waals surface area contributed by atoms with Gasteiger partial charge in [-0.1, -0.05) is 0 Å². The van der Waals surface area contributed by atoms with Crippen LogP contribution in [-0.2, 0) is 13.5 Å². The molecular formula is C10H17N3. The summed E-state index contributed by atoms with van der Waals surface area (Å²) in [6.45, 7) is 2.11. The summed E-state index contributed by atoms with van der Waals surface area (Å²) >= 11 is 0. The van der Waals surface area contributed by atoms with Gasteiger partial charge in [-0.3, -0.25) is 0 Å². The van der Waals surface area contributed by atoms with Crippen molar-refractivity contribution in [1.29, 1.82) is 0 Å². The zero-order valence-electron chi connectivity index (χ0n) is 8.38. The predicted molar refractivity (Wildman–Crippen MR) is 52.4 cm³/mol. The summed E-state index contributed by atoms with van der Waals surface area (Å²) in [7, 11) is 2.03. The van der Waals surface area contributed by atoms with Crippen LogP contribution in [0.2, 0.25) is 0 Å². The first-order valence-corrected chi connectivity index (χ1v) is 4.86. The van der Waals surface area contributed by atoms with E-state index in [1.165, 1.54) is 24.2 Å². The van der Waals surface area contributed by atoms with Crippen molar-refractivity contribution < 1.29 is 0 Å². The summed E-state index contributed by atoms with van der Waals surface area (Å²) in [5.74, 6) is 0. The molecule has 0 aromatic carbocycles. The van der Waals surface area contributed by atoms with Crippen LogP contribution in [0.5, 0.6) is 0 Å². The molecule has 1 fully saturated rings. The van der Waals surface area contributed by atoms with Crippen molar-refractivity contribution in [3.05, 3.63) is 17.7 Å². The lowest BCUT2D eigenvalue weighted by atomic mass is 10.1. The van der Waals surface area contributed by atoms with Crippen LogP contribution in [0.3, 0.4) is 0 Å². The largest absolute Gasteiger partial charge is 0.338 e. The standard InChI is InChI=1S/C10H17N3/c1-8-9(12-7-13(8)2)3-4-10(11)5-6-10/h7H,3-6,11H2,1-2H3. The number of nitrogens with two attached hydrogens (primary N) is 1. The maximum absolute atomic E-state index is 6.02. The first-order valence-electron chi connectivity index (χ1n) is 4.86. The maximum atomic E-state index is 6.02. The molecule has 0 amide bonds. The SMILES string of the molecule is Cc1c(CCC2(N)CC2)ncn1C. The van der Waals surface area contributed by atoms with Gasteiger partial charge in [0.2, 0.25) is 0 Å². The van der Waals surface area contributed by atoms with E-state index >= 15 is 0 Å². The van der Waals surface area contributed by atoms with E-state index in [4.69, 9.17) is 5.73 Å². The molecule has 0 spiro atoms. The van der Waals surface area contributed by atoms with Crippen LogP contribution < -0.4 is 5.73 Å². The van der Waals surface area contributed by atoms with E-state index in [1.54, 1.807) is 0 Å². The zero-order valence-corrected chi connectivity index (χ0v) is 8.38. The van der Waals surface area contributed by atoms with Gasteiger partial charge in [-0.2, -0.15) is 0 Å². The second-order valence-electron chi connectivity index (χ2n) is 4.25. The first kappa shape index (κ1) is 8.75. The lowest BCUT2D eigenvalue weighted by molar-refractivity contribution is 0.602. The molecule has 1 aromatic heterocycles. The minimum atomic E-state index is 0.157. The highest BCUT2D eigenvalue weighted by Crippen LogP contribution is 2.36. The van der Waals surface area contributed by atoms with Gasteiger partial charge in [0.05, 0.1) is 12.0 Å². The summed E-state index contributed by atoms with van der Waals surface area (Å²) < 4.78 is 2.06. The smallest absolute Gasteiger partial charge is 0.0948 e. The van der Waals surface area contributed by atoms with Crippen LogP contribution >= 0.6 is 0 Å². The Morgan fingerprint density at radius 2 is 2.31 bits per heavy atom. The highest BCUT2D eigenvalue weighted by atomic mass is 15.0. The van der Waals surface area contributed by atoms with Gasteiger partial charge in [-0.25, -0.2) is 4.98 Å². The molecule has 0 unspecified atom stereocenters. The Bertz CT molecular complexity index is 310. The number of imidazole rings is 1. The molecule has 0 aliphatic heterocycles. The first-order chi connectivity index (χ1) is 6.11. The Morgan fingerprint density at radius 3 is 2.77 bits per heavy atom. The molecule has 72 valence electrons. The van der Waals surface area contributed by atoms with Crippen LogP contribution in [0.15, 0.2) is 6.33 Å². The summed E-state index contributed by atoms with van der Waals surface area (Å²) in [5, 5.41) is 0. The van der Waals surface area contributed by atoms with E-state index in [9.17, 15) is 0 Å². The highest BCUT2D eigenvalue weighted by molar-refractivity contribution is 5.13. The molecular weight excluding hydrogens is 162 g/mol. The fraction of sp³-hybridized carbons (Fsp3) is 0.700. The Kier molecular flexibility index (Phi) is 1.91. The number of aromatic nitrogens is 2.